The first-order valence-corrected chi connectivity index (χ1v) is 16.3. The van der Waals surface area contributed by atoms with Crippen LogP contribution in [0.3, 0.4) is 0 Å². The number of hydrogen-bond donors (Lipinski definition) is 0. The van der Waals surface area contributed by atoms with E-state index < -0.39 is 65.5 Å². The highest BCUT2D eigenvalue weighted by Gasteiger charge is 2.42. The lowest BCUT2D eigenvalue weighted by atomic mass is 9.87. The Morgan fingerprint density at radius 3 is 1.96 bits per heavy atom. The van der Waals surface area contributed by atoms with Crippen molar-refractivity contribution in [2.75, 3.05) is 23.0 Å². The van der Waals surface area contributed by atoms with Gasteiger partial charge < -0.3 is 14.4 Å². The smallest absolute Gasteiger partial charge is 0.416 e. The highest BCUT2D eigenvalue weighted by atomic mass is 19.4. The summed E-state index contributed by atoms with van der Waals surface area (Å²) in [6.45, 7) is 9.08. The number of rotatable bonds is 10. The number of fused-ring (bicyclic) bond motifs is 1. The van der Waals surface area contributed by atoms with Crippen molar-refractivity contribution in [3.05, 3.63) is 76.6 Å². The van der Waals surface area contributed by atoms with Gasteiger partial charge in [0.05, 0.1) is 54.0 Å². The lowest BCUT2D eigenvalue weighted by Crippen LogP contribution is -2.48. The van der Waals surface area contributed by atoms with Crippen molar-refractivity contribution in [3.8, 4) is 5.75 Å². The molecular formula is C35H39F9N4O3. The molecule has 0 saturated carbocycles. The van der Waals surface area contributed by atoms with Gasteiger partial charge in [0.2, 0.25) is 5.95 Å². The van der Waals surface area contributed by atoms with Gasteiger partial charge in [-0.2, -0.15) is 39.5 Å². The zero-order chi connectivity index (χ0) is 37.9. The number of carbonyl (C=O) groups excluding carboxylic acids is 1. The van der Waals surface area contributed by atoms with Crippen molar-refractivity contribution in [1.82, 2.24) is 9.97 Å². The Balaban J connectivity index is 1.88. The number of aromatic nitrogens is 2. The van der Waals surface area contributed by atoms with Gasteiger partial charge in [0.25, 0.3) is 0 Å². The first kappa shape index (κ1) is 39.5. The van der Waals surface area contributed by atoms with Crippen molar-refractivity contribution in [3.63, 3.8) is 0 Å². The van der Waals surface area contributed by atoms with E-state index in [1.165, 1.54) is 22.2 Å². The van der Waals surface area contributed by atoms with E-state index in [0.29, 0.717) is 25.2 Å². The van der Waals surface area contributed by atoms with Gasteiger partial charge in [0.15, 0.2) is 5.75 Å². The largest absolute Gasteiger partial charge is 0.490 e. The lowest BCUT2D eigenvalue weighted by molar-refractivity contribution is -0.143. The quantitative estimate of drug-likeness (QED) is 0.153. The third-order valence-corrected chi connectivity index (χ3v) is 8.36. The van der Waals surface area contributed by atoms with Gasteiger partial charge >= 0.3 is 24.6 Å². The molecule has 1 aliphatic heterocycles. The Bertz CT molecular complexity index is 1620. The molecule has 16 heteroatoms. The Morgan fingerprint density at radius 1 is 0.863 bits per heavy atom. The van der Waals surface area contributed by atoms with Crippen LogP contribution in [0.4, 0.5) is 55.9 Å². The third-order valence-electron chi connectivity index (χ3n) is 8.36. The number of carbonyl (C=O) groups is 1. The standard InChI is InChI=1S/C35H39F9N4O3/c1-6-25-17-29(27-16-22(33(36,37)38)9-10-28(27)48(25)31(49)50-7-2)47(30-45-18-26(19-46-30)51-12-8-11-32(3,4)5)20-21-13-23(34(39,40)41)15-24(14-21)35(42,43)44/h9-10,13-16,18-19,25,29H,6-8,11-12,17,20H2,1-5H3/t25-,29+/m1/s1. The second-order valence-electron chi connectivity index (χ2n) is 13.4. The van der Waals surface area contributed by atoms with Crippen LogP contribution in [0.1, 0.15) is 94.2 Å². The number of nitrogens with zero attached hydrogens (tertiary/aromatic N) is 4. The summed E-state index contributed by atoms with van der Waals surface area (Å²) in [5, 5.41) is 0. The summed E-state index contributed by atoms with van der Waals surface area (Å²) in [6.07, 6.45) is -11.7. The van der Waals surface area contributed by atoms with Crippen molar-refractivity contribution in [2.45, 2.75) is 97.5 Å². The van der Waals surface area contributed by atoms with E-state index in [0.717, 1.165) is 24.6 Å². The second-order valence-corrected chi connectivity index (χ2v) is 13.4. The molecule has 0 N–H and O–H groups in total. The predicted octanol–water partition coefficient (Wildman–Crippen LogP) is 10.6. The minimum absolute atomic E-state index is 0.00795. The third kappa shape index (κ3) is 9.97. The van der Waals surface area contributed by atoms with Crippen LogP contribution < -0.4 is 14.5 Å². The summed E-state index contributed by atoms with van der Waals surface area (Å²) in [4.78, 5) is 24.2. The van der Waals surface area contributed by atoms with Crippen molar-refractivity contribution >= 4 is 17.7 Å². The topological polar surface area (TPSA) is 67.8 Å². The van der Waals surface area contributed by atoms with Crippen molar-refractivity contribution in [2.24, 2.45) is 5.41 Å². The van der Waals surface area contributed by atoms with Crippen LogP contribution in [0, 0.1) is 5.41 Å². The highest BCUT2D eigenvalue weighted by molar-refractivity contribution is 5.90. The molecule has 0 spiro atoms. The Kier molecular flexibility index (Phi) is 11.8. The van der Waals surface area contributed by atoms with Crippen LogP contribution in [0.2, 0.25) is 0 Å². The second kappa shape index (κ2) is 15.2. The first-order valence-electron chi connectivity index (χ1n) is 16.3. The number of ether oxygens (including phenoxy) is 2. The lowest BCUT2D eigenvalue weighted by Gasteiger charge is -2.44. The number of hydrogen-bond acceptors (Lipinski definition) is 6. The van der Waals surface area contributed by atoms with E-state index >= 15 is 0 Å². The minimum Gasteiger partial charge on any atom is -0.490 e. The number of benzene rings is 2. The number of anilines is 2. The SMILES string of the molecule is CCOC(=O)N1c2ccc(C(F)(F)F)cc2[C@@H](N(Cc2cc(C(F)(F)F)cc(C(F)(F)F)c2)c2ncc(OCCCC(C)(C)C)cn2)C[C@H]1CC. The summed E-state index contributed by atoms with van der Waals surface area (Å²) in [5.41, 5.74) is -4.63. The van der Waals surface area contributed by atoms with Crippen LogP contribution >= 0.6 is 0 Å². The zero-order valence-corrected chi connectivity index (χ0v) is 28.6. The maximum absolute atomic E-state index is 14.1. The molecule has 2 heterocycles. The average Bonchev–Trinajstić information content (AvgIpc) is 3.03. The molecule has 2 aromatic carbocycles. The van der Waals surface area contributed by atoms with Gasteiger partial charge in [-0.25, -0.2) is 14.8 Å². The first-order chi connectivity index (χ1) is 23.6. The maximum atomic E-state index is 14.1. The fourth-order valence-electron chi connectivity index (χ4n) is 5.94. The van der Waals surface area contributed by atoms with Gasteiger partial charge in [-0.05, 0) is 85.5 Å². The zero-order valence-electron chi connectivity index (χ0n) is 28.6. The molecule has 7 nitrogen and oxygen atoms in total. The van der Waals surface area contributed by atoms with Gasteiger partial charge in [-0.15, -0.1) is 0 Å². The van der Waals surface area contributed by atoms with Gasteiger partial charge in [0.1, 0.15) is 0 Å². The molecule has 2 atom stereocenters. The van der Waals surface area contributed by atoms with Crippen LogP contribution in [0.15, 0.2) is 48.8 Å². The normalized spacial score (nSPS) is 16.9. The highest BCUT2D eigenvalue weighted by Crippen LogP contribution is 2.46. The molecule has 51 heavy (non-hydrogen) atoms. The molecule has 280 valence electrons. The van der Waals surface area contributed by atoms with E-state index in [1.54, 1.807) is 13.8 Å². The van der Waals surface area contributed by atoms with E-state index in [2.05, 4.69) is 30.7 Å². The predicted molar refractivity (Wildman–Crippen MR) is 171 cm³/mol. The Labute approximate surface area is 289 Å². The van der Waals surface area contributed by atoms with Gasteiger partial charge in [-0.1, -0.05) is 27.7 Å². The summed E-state index contributed by atoms with van der Waals surface area (Å²) in [5.74, 6) is 0.0326. The summed E-state index contributed by atoms with van der Waals surface area (Å²) in [7, 11) is 0. The van der Waals surface area contributed by atoms with Gasteiger partial charge in [0, 0.05) is 12.6 Å². The fraction of sp³-hybridized carbons (Fsp3) is 0.514. The molecule has 0 unspecified atom stereocenters. The minimum atomic E-state index is -5.14. The molecule has 0 aliphatic carbocycles. The fourth-order valence-corrected chi connectivity index (χ4v) is 5.94. The maximum Gasteiger partial charge on any atom is 0.416 e. The molecule has 4 rings (SSSR count). The van der Waals surface area contributed by atoms with Gasteiger partial charge in [-0.3, -0.25) is 4.90 Å². The molecule has 3 aromatic rings. The Hall–Kier alpha value is -4.24. The number of alkyl halides is 9. The number of halogens is 9. The molecule has 0 bridgehead atoms. The monoisotopic (exact) mass is 734 g/mol. The summed E-state index contributed by atoms with van der Waals surface area (Å²) >= 11 is 0. The molecule has 1 amide bonds. The van der Waals surface area contributed by atoms with Crippen LogP contribution in [0.5, 0.6) is 5.75 Å². The van der Waals surface area contributed by atoms with Crippen LogP contribution in [0.25, 0.3) is 0 Å². The molecule has 1 aliphatic rings. The van der Waals surface area contributed by atoms with E-state index in [1.807, 2.05) is 0 Å². The summed E-state index contributed by atoms with van der Waals surface area (Å²) < 4.78 is 136. The molecular weight excluding hydrogens is 695 g/mol. The molecule has 0 saturated heterocycles. The molecule has 1 aromatic heterocycles. The van der Waals surface area contributed by atoms with Crippen LogP contribution in [-0.2, 0) is 29.8 Å². The van der Waals surface area contributed by atoms with Crippen molar-refractivity contribution in [1.29, 1.82) is 0 Å². The van der Waals surface area contributed by atoms with Crippen molar-refractivity contribution < 1.29 is 53.8 Å². The summed E-state index contributed by atoms with van der Waals surface area (Å²) in [6, 6.07) is 1.94. The van der Waals surface area contributed by atoms with E-state index in [4.69, 9.17) is 9.47 Å². The van der Waals surface area contributed by atoms with E-state index in [9.17, 15) is 44.3 Å². The van der Waals surface area contributed by atoms with E-state index in [-0.39, 0.29) is 53.9 Å². The molecule has 0 radical (unpaired) electrons. The number of amides is 1. The Morgan fingerprint density at radius 2 is 1.45 bits per heavy atom. The molecule has 0 fully saturated rings. The van der Waals surface area contributed by atoms with Crippen LogP contribution in [-0.4, -0.2) is 35.3 Å². The average molecular weight is 735 g/mol.